The molecule has 1 saturated heterocycles. The second-order valence-corrected chi connectivity index (χ2v) is 8.24. The molecule has 5 heteroatoms. The first kappa shape index (κ1) is 20.5. The fourth-order valence-corrected chi connectivity index (χ4v) is 4.84. The van der Waals surface area contributed by atoms with E-state index >= 15 is 0 Å². The van der Waals surface area contributed by atoms with Crippen LogP contribution in [0.2, 0.25) is 0 Å². The average Bonchev–Trinajstić information content (AvgIpc) is 3.10. The van der Waals surface area contributed by atoms with Gasteiger partial charge in [-0.25, -0.2) is 4.79 Å². The summed E-state index contributed by atoms with van der Waals surface area (Å²) < 4.78 is 16.6. The van der Waals surface area contributed by atoms with E-state index in [9.17, 15) is 4.79 Å². The summed E-state index contributed by atoms with van der Waals surface area (Å²) in [6.07, 6.45) is 4.76. The molecule has 1 heterocycles. The first-order valence-corrected chi connectivity index (χ1v) is 10.4. The predicted octanol–water partition coefficient (Wildman–Crippen LogP) is 4.25. The first-order chi connectivity index (χ1) is 14.5. The maximum Gasteiger partial charge on any atom is 0.349 e. The van der Waals surface area contributed by atoms with Crippen molar-refractivity contribution in [3.63, 3.8) is 0 Å². The van der Waals surface area contributed by atoms with E-state index in [1.54, 1.807) is 7.11 Å². The highest BCUT2D eigenvalue weighted by Gasteiger charge is 2.49. The molecule has 0 saturated carbocycles. The summed E-state index contributed by atoms with van der Waals surface area (Å²) in [5.41, 5.74) is 2.53. The molecule has 2 aromatic carbocycles. The first-order valence-electron chi connectivity index (χ1n) is 10.4. The van der Waals surface area contributed by atoms with Crippen molar-refractivity contribution in [2.75, 3.05) is 27.3 Å². The molecule has 0 spiro atoms. The highest BCUT2D eigenvalue weighted by atomic mass is 16.6. The highest BCUT2D eigenvalue weighted by molar-refractivity contribution is 5.72. The van der Waals surface area contributed by atoms with Gasteiger partial charge in [0, 0.05) is 17.9 Å². The van der Waals surface area contributed by atoms with E-state index in [1.807, 2.05) is 30.3 Å². The maximum absolute atomic E-state index is 12.3. The molecule has 4 rings (SSSR count). The molecule has 2 atom stereocenters. The molecule has 0 unspecified atom stereocenters. The topological polar surface area (TPSA) is 48.0 Å². The van der Waals surface area contributed by atoms with Crippen LogP contribution in [0.5, 0.6) is 11.5 Å². The fourth-order valence-electron chi connectivity index (χ4n) is 4.84. The minimum Gasteiger partial charge on any atom is -0.496 e. The number of esters is 1. The minimum atomic E-state index is -0.362. The number of ether oxygens (including phenoxy) is 3. The number of carbonyl (C=O) groups excluding carboxylic acids is 1. The summed E-state index contributed by atoms with van der Waals surface area (Å²) >= 11 is 0. The van der Waals surface area contributed by atoms with Gasteiger partial charge in [-0.15, -0.1) is 0 Å². The molecule has 1 aliphatic carbocycles. The zero-order chi connectivity index (χ0) is 21.1. The van der Waals surface area contributed by atoms with E-state index in [2.05, 4.69) is 43.1 Å². The molecule has 0 amide bonds. The number of allylic oxidation sites excluding steroid dienone is 1. The van der Waals surface area contributed by atoms with Crippen molar-refractivity contribution in [1.82, 2.24) is 4.90 Å². The van der Waals surface area contributed by atoms with E-state index in [1.165, 1.54) is 5.56 Å². The quantitative estimate of drug-likeness (QED) is 0.670. The van der Waals surface area contributed by atoms with Crippen molar-refractivity contribution in [1.29, 1.82) is 0 Å². The second-order valence-electron chi connectivity index (χ2n) is 8.24. The Bertz CT molecular complexity index is 939. The van der Waals surface area contributed by atoms with Crippen LogP contribution in [0.4, 0.5) is 0 Å². The van der Waals surface area contributed by atoms with E-state index in [4.69, 9.17) is 14.2 Å². The molecule has 158 valence electrons. The predicted molar refractivity (Wildman–Crippen MR) is 116 cm³/mol. The molecule has 2 aromatic rings. The SMILES string of the molecule is COc1ccc([C@@]23CC=C(OC(=O)COc4ccccc4)C[C@@H]2N(C)CC3)cc1C. The number of fused-ring (bicyclic) bond motifs is 1. The van der Waals surface area contributed by atoms with Crippen LogP contribution >= 0.6 is 0 Å². The maximum atomic E-state index is 12.3. The van der Waals surface area contributed by atoms with E-state index in [-0.39, 0.29) is 18.0 Å². The number of likely N-dealkylation sites (tertiary alicyclic amines) is 1. The number of benzene rings is 2. The number of nitrogens with zero attached hydrogens (tertiary/aromatic N) is 1. The summed E-state index contributed by atoms with van der Waals surface area (Å²) in [5.74, 6) is 1.96. The van der Waals surface area contributed by atoms with Gasteiger partial charge in [0.25, 0.3) is 0 Å². The summed E-state index contributed by atoms with van der Waals surface area (Å²) in [5, 5.41) is 0. The van der Waals surface area contributed by atoms with Crippen molar-refractivity contribution in [3.8, 4) is 11.5 Å². The molecule has 30 heavy (non-hydrogen) atoms. The lowest BCUT2D eigenvalue weighted by molar-refractivity contribution is -0.142. The van der Waals surface area contributed by atoms with E-state index in [0.717, 1.165) is 42.9 Å². The lowest BCUT2D eigenvalue weighted by Gasteiger charge is -2.40. The van der Waals surface area contributed by atoms with Crippen molar-refractivity contribution < 1.29 is 19.0 Å². The van der Waals surface area contributed by atoms with E-state index in [0.29, 0.717) is 11.8 Å². The Balaban J connectivity index is 1.47. The highest BCUT2D eigenvalue weighted by Crippen LogP contribution is 2.48. The second kappa shape index (κ2) is 8.52. The molecule has 0 bridgehead atoms. The van der Waals surface area contributed by atoms with Crippen molar-refractivity contribution >= 4 is 5.97 Å². The number of likely N-dealkylation sites (N-methyl/N-ethyl adjacent to an activating group) is 1. The van der Waals surface area contributed by atoms with Crippen LogP contribution in [-0.2, 0) is 14.9 Å². The van der Waals surface area contributed by atoms with E-state index < -0.39 is 0 Å². The number of carbonyl (C=O) groups is 1. The van der Waals surface area contributed by atoms with Gasteiger partial charge in [-0.2, -0.15) is 0 Å². The minimum absolute atomic E-state index is 0.0439. The molecule has 1 aliphatic heterocycles. The van der Waals surface area contributed by atoms with Crippen LogP contribution in [0.1, 0.15) is 30.4 Å². The van der Waals surface area contributed by atoms with Gasteiger partial charge in [0.05, 0.1) is 7.11 Å². The Morgan fingerprint density at radius 3 is 2.73 bits per heavy atom. The average molecular weight is 408 g/mol. The van der Waals surface area contributed by atoms with Crippen LogP contribution in [0.25, 0.3) is 0 Å². The molecule has 0 aromatic heterocycles. The Kier molecular flexibility index (Phi) is 5.82. The molecule has 5 nitrogen and oxygen atoms in total. The van der Waals surface area contributed by atoms with Crippen LogP contribution in [0.3, 0.4) is 0 Å². The van der Waals surface area contributed by atoms with Crippen LogP contribution in [-0.4, -0.2) is 44.2 Å². The van der Waals surface area contributed by atoms with Gasteiger partial charge in [-0.3, -0.25) is 0 Å². The summed E-state index contributed by atoms with van der Waals surface area (Å²) in [6, 6.07) is 16.1. The zero-order valence-corrected chi connectivity index (χ0v) is 17.9. The Hall–Kier alpha value is -2.79. The third-order valence-corrected chi connectivity index (χ3v) is 6.48. The van der Waals surface area contributed by atoms with Crippen LogP contribution < -0.4 is 9.47 Å². The lowest BCUT2D eigenvalue weighted by atomic mass is 9.68. The van der Waals surface area contributed by atoms with Crippen LogP contribution in [0.15, 0.2) is 60.4 Å². The molecular formula is C25H29NO4. The number of hydrogen-bond acceptors (Lipinski definition) is 5. The van der Waals surface area contributed by atoms with Gasteiger partial charge in [-0.1, -0.05) is 30.3 Å². The van der Waals surface area contributed by atoms with Gasteiger partial charge < -0.3 is 19.1 Å². The van der Waals surface area contributed by atoms with Gasteiger partial charge in [-0.05, 0) is 68.8 Å². The summed E-state index contributed by atoms with van der Waals surface area (Å²) in [7, 11) is 3.87. The van der Waals surface area contributed by atoms with Gasteiger partial charge in [0.2, 0.25) is 0 Å². The largest absolute Gasteiger partial charge is 0.496 e. The van der Waals surface area contributed by atoms with Crippen molar-refractivity contribution in [2.45, 2.75) is 37.6 Å². The third-order valence-electron chi connectivity index (χ3n) is 6.48. The Labute approximate surface area is 178 Å². The van der Waals surface area contributed by atoms with Gasteiger partial charge >= 0.3 is 5.97 Å². The summed E-state index contributed by atoms with van der Waals surface area (Å²) in [4.78, 5) is 14.7. The number of hydrogen-bond donors (Lipinski definition) is 0. The molecule has 2 aliphatic rings. The Morgan fingerprint density at radius 1 is 1.20 bits per heavy atom. The standard InChI is InChI=1S/C25H29NO4/c1-18-15-19(9-10-22(18)28-3)25-12-11-21(16-23(25)26(2)14-13-25)30-24(27)17-29-20-7-5-4-6-8-20/h4-11,15,23H,12-14,16-17H2,1-3H3/t23-,25-/m0/s1. The molecule has 0 N–H and O–H groups in total. The fraction of sp³-hybridized carbons (Fsp3) is 0.400. The molecule has 1 fully saturated rings. The lowest BCUT2D eigenvalue weighted by Crippen LogP contribution is -2.43. The van der Waals surface area contributed by atoms with Gasteiger partial charge in [0.15, 0.2) is 6.61 Å². The number of para-hydroxylation sites is 1. The monoisotopic (exact) mass is 407 g/mol. The number of aryl methyl sites for hydroxylation is 1. The Morgan fingerprint density at radius 2 is 2.00 bits per heavy atom. The van der Waals surface area contributed by atoms with Crippen molar-refractivity contribution in [3.05, 3.63) is 71.5 Å². The van der Waals surface area contributed by atoms with Crippen LogP contribution in [0, 0.1) is 6.92 Å². The smallest absolute Gasteiger partial charge is 0.349 e. The molecular weight excluding hydrogens is 378 g/mol. The van der Waals surface area contributed by atoms with Gasteiger partial charge in [0.1, 0.15) is 17.3 Å². The third kappa shape index (κ3) is 3.94. The molecule has 0 radical (unpaired) electrons. The number of rotatable bonds is 6. The van der Waals surface area contributed by atoms with Crippen molar-refractivity contribution in [2.24, 2.45) is 0 Å². The normalized spacial score (nSPS) is 23.4. The summed E-state index contributed by atoms with van der Waals surface area (Å²) in [6.45, 7) is 3.03. The zero-order valence-electron chi connectivity index (χ0n) is 17.9. The number of methoxy groups -OCH3 is 1.